The third-order valence-electron chi connectivity index (χ3n) is 5.79. The maximum Gasteiger partial charge on any atom is 0.219 e. The molecule has 2 aromatic rings. The van der Waals surface area contributed by atoms with Gasteiger partial charge in [-0.1, -0.05) is 24.3 Å². The third-order valence-corrected chi connectivity index (χ3v) is 5.79. The van der Waals surface area contributed by atoms with Gasteiger partial charge in [-0.05, 0) is 54.6 Å². The fraction of sp³-hybridized carbons (Fsp3) is 0.429. The van der Waals surface area contributed by atoms with Crippen LogP contribution in [-0.2, 0) is 24.3 Å². The standard InChI is InChI=1S/C21H25N3O/c1-17(25)23-15-20-6-3-2-5-19(20)13-21(16-23)9-4-12-24(21)14-18-7-10-22-11-8-18/h2-3,5-8,10-11H,4,9,12-16H2,1H3. The minimum Gasteiger partial charge on any atom is -0.337 e. The highest BCUT2D eigenvalue weighted by molar-refractivity contribution is 5.73. The van der Waals surface area contributed by atoms with Crippen LogP contribution in [0.1, 0.15) is 36.5 Å². The van der Waals surface area contributed by atoms with Crippen LogP contribution in [0.25, 0.3) is 0 Å². The van der Waals surface area contributed by atoms with E-state index >= 15 is 0 Å². The average molecular weight is 335 g/mol. The van der Waals surface area contributed by atoms with E-state index < -0.39 is 0 Å². The molecule has 0 radical (unpaired) electrons. The molecule has 0 N–H and O–H groups in total. The largest absolute Gasteiger partial charge is 0.337 e. The maximum atomic E-state index is 12.3. The van der Waals surface area contributed by atoms with E-state index in [1.807, 2.05) is 17.3 Å². The molecular weight excluding hydrogens is 310 g/mol. The highest BCUT2D eigenvalue weighted by Crippen LogP contribution is 2.38. The van der Waals surface area contributed by atoms with Crippen molar-refractivity contribution in [3.63, 3.8) is 0 Å². The molecule has 0 aliphatic carbocycles. The summed E-state index contributed by atoms with van der Waals surface area (Å²) in [5.41, 5.74) is 4.03. The van der Waals surface area contributed by atoms with Gasteiger partial charge < -0.3 is 4.90 Å². The fourth-order valence-corrected chi connectivity index (χ4v) is 4.46. The lowest BCUT2D eigenvalue weighted by molar-refractivity contribution is -0.131. The quantitative estimate of drug-likeness (QED) is 0.846. The van der Waals surface area contributed by atoms with Crippen molar-refractivity contribution >= 4 is 5.91 Å². The summed E-state index contributed by atoms with van der Waals surface area (Å²) in [7, 11) is 0. The second kappa shape index (κ2) is 6.60. The van der Waals surface area contributed by atoms with Crippen molar-refractivity contribution in [2.24, 2.45) is 0 Å². The summed E-state index contributed by atoms with van der Waals surface area (Å²) in [6, 6.07) is 12.8. The Morgan fingerprint density at radius 2 is 1.92 bits per heavy atom. The van der Waals surface area contributed by atoms with Gasteiger partial charge in [0.15, 0.2) is 0 Å². The summed E-state index contributed by atoms with van der Waals surface area (Å²) in [6.45, 7) is 5.27. The molecule has 2 aliphatic heterocycles. The highest BCUT2D eigenvalue weighted by atomic mass is 16.2. The monoisotopic (exact) mass is 335 g/mol. The zero-order valence-electron chi connectivity index (χ0n) is 14.8. The van der Waals surface area contributed by atoms with Crippen molar-refractivity contribution in [2.45, 2.75) is 44.8 Å². The van der Waals surface area contributed by atoms with Gasteiger partial charge in [0.25, 0.3) is 0 Å². The minimum atomic E-state index is 0.0432. The van der Waals surface area contributed by atoms with Crippen LogP contribution in [-0.4, -0.2) is 39.3 Å². The Morgan fingerprint density at radius 3 is 2.68 bits per heavy atom. The van der Waals surface area contributed by atoms with Crippen molar-refractivity contribution in [3.8, 4) is 0 Å². The third kappa shape index (κ3) is 3.19. The Labute approximate surface area is 149 Å². The van der Waals surface area contributed by atoms with Gasteiger partial charge in [0, 0.05) is 44.5 Å². The molecule has 4 nitrogen and oxygen atoms in total. The van der Waals surface area contributed by atoms with E-state index in [2.05, 4.69) is 46.3 Å². The molecular formula is C21H25N3O. The SMILES string of the molecule is CC(=O)N1Cc2ccccc2CC2(CCCN2Cc2ccncc2)C1. The van der Waals surface area contributed by atoms with E-state index in [4.69, 9.17) is 0 Å². The van der Waals surface area contributed by atoms with Gasteiger partial charge in [0.2, 0.25) is 5.91 Å². The number of amides is 1. The van der Waals surface area contributed by atoms with Crippen molar-refractivity contribution < 1.29 is 4.79 Å². The van der Waals surface area contributed by atoms with Gasteiger partial charge in [0.05, 0.1) is 0 Å². The topological polar surface area (TPSA) is 36.4 Å². The first-order valence-corrected chi connectivity index (χ1v) is 9.13. The van der Waals surface area contributed by atoms with Crippen LogP contribution in [0.3, 0.4) is 0 Å². The average Bonchev–Trinajstić information content (AvgIpc) is 2.89. The molecule has 1 aromatic heterocycles. The van der Waals surface area contributed by atoms with Gasteiger partial charge in [-0.25, -0.2) is 0 Å². The molecule has 130 valence electrons. The van der Waals surface area contributed by atoms with Gasteiger partial charge in [-0.15, -0.1) is 0 Å². The summed E-state index contributed by atoms with van der Waals surface area (Å²) < 4.78 is 0. The number of nitrogens with zero attached hydrogens (tertiary/aromatic N) is 3. The summed E-state index contributed by atoms with van der Waals surface area (Å²) in [5, 5.41) is 0. The lowest BCUT2D eigenvalue weighted by Gasteiger charge is -2.40. The van der Waals surface area contributed by atoms with E-state index in [9.17, 15) is 4.79 Å². The number of hydrogen-bond acceptors (Lipinski definition) is 3. The molecule has 0 bridgehead atoms. The number of carbonyl (C=O) groups is 1. The molecule has 25 heavy (non-hydrogen) atoms. The number of rotatable bonds is 2. The molecule has 1 saturated heterocycles. The van der Waals surface area contributed by atoms with Crippen LogP contribution in [0.4, 0.5) is 0 Å². The first kappa shape index (κ1) is 16.3. The number of likely N-dealkylation sites (tertiary alicyclic amines) is 1. The lowest BCUT2D eigenvalue weighted by Crippen LogP contribution is -2.52. The minimum absolute atomic E-state index is 0.0432. The molecule has 3 heterocycles. The van der Waals surface area contributed by atoms with Gasteiger partial charge >= 0.3 is 0 Å². The van der Waals surface area contributed by atoms with E-state index in [1.54, 1.807) is 6.92 Å². The summed E-state index contributed by atoms with van der Waals surface area (Å²) >= 11 is 0. The number of pyridine rings is 1. The van der Waals surface area contributed by atoms with Crippen LogP contribution < -0.4 is 0 Å². The molecule has 4 heteroatoms. The van der Waals surface area contributed by atoms with Crippen LogP contribution >= 0.6 is 0 Å². The Kier molecular flexibility index (Phi) is 4.30. The van der Waals surface area contributed by atoms with Crippen molar-refractivity contribution in [1.29, 1.82) is 0 Å². The van der Waals surface area contributed by atoms with Crippen LogP contribution in [0, 0.1) is 0 Å². The molecule has 1 fully saturated rings. The second-order valence-electron chi connectivity index (χ2n) is 7.43. The highest BCUT2D eigenvalue weighted by Gasteiger charge is 2.44. The van der Waals surface area contributed by atoms with E-state index in [0.717, 1.165) is 39.0 Å². The zero-order chi connectivity index (χ0) is 17.3. The number of hydrogen-bond donors (Lipinski definition) is 0. The molecule has 1 unspecified atom stereocenters. The van der Waals surface area contributed by atoms with Crippen molar-refractivity contribution in [3.05, 3.63) is 65.5 Å². The molecule has 1 aromatic carbocycles. The normalized spacial score (nSPS) is 23.5. The Hall–Kier alpha value is -2.20. The summed E-state index contributed by atoms with van der Waals surface area (Å²) in [6.07, 6.45) is 7.10. The van der Waals surface area contributed by atoms with Crippen molar-refractivity contribution in [2.75, 3.05) is 13.1 Å². The number of fused-ring (bicyclic) bond motifs is 1. The summed E-state index contributed by atoms with van der Waals surface area (Å²) in [5.74, 6) is 0.173. The van der Waals surface area contributed by atoms with E-state index in [-0.39, 0.29) is 11.4 Å². The first-order valence-electron chi connectivity index (χ1n) is 9.13. The van der Waals surface area contributed by atoms with Crippen LogP contribution in [0.5, 0.6) is 0 Å². The Bertz CT molecular complexity index is 761. The number of aromatic nitrogens is 1. The fourth-order valence-electron chi connectivity index (χ4n) is 4.46. The summed E-state index contributed by atoms with van der Waals surface area (Å²) in [4.78, 5) is 21.0. The Morgan fingerprint density at radius 1 is 1.16 bits per heavy atom. The smallest absolute Gasteiger partial charge is 0.219 e. The number of benzene rings is 1. The second-order valence-corrected chi connectivity index (χ2v) is 7.43. The Balaban J connectivity index is 1.69. The first-order chi connectivity index (χ1) is 12.2. The molecule has 0 saturated carbocycles. The maximum absolute atomic E-state index is 12.3. The van der Waals surface area contributed by atoms with Crippen LogP contribution in [0.15, 0.2) is 48.8 Å². The molecule has 1 atom stereocenters. The van der Waals surface area contributed by atoms with Crippen molar-refractivity contribution in [1.82, 2.24) is 14.8 Å². The molecule has 1 amide bonds. The predicted octanol–water partition coefficient (Wildman–Crippen LogP) is 3.02. The predicted molar refractivity (Wildman–Crippen MR) is 97.8 cm³/mol. The molecule has 2 aliphatic rings. The zero-order valence-corrected chi connectivity index (χ0v) is 14.8. The molecule has 4 rings (SSSR count). The van der Waals surface area contributed by atoms with E-state index in [0.29, 0.717) is 0 Å². The van der Waals surface area contributed by atoms with E-state index in [1.165, 1.54) is 23.1 Å². The van der Waals surface area contributed by atoms with Gasteiger partial charge in [-0.3, -0.25) is 14.7 Å². The lowest BCUT2D eigenvalue weighted by atomic mass is 9.87. The van der Waals surface area contributed by atoms with Crippen LogP contribution in [0.2, 0.25) is 0 Å². The number of carbonyl (C=O) groups excluding carboxylic acids is 1. The van der Waals surface area contributed by atoms with Gasteiger partial charge in [-0.2, -0.15) is 0 Å². The van der Waals surface area contributed by atoms with Gasteiger partial charge in [0.1, 0.15) is 0 Å². The molecule has 1 spiro atoms.